The quantitative estimate of drug-likeness (QED) is 0.498. The molecule has 0 spiro atoms. The van der Waals surface area contributed by atoms with Crippen molar-refractivity contribution in [2.24, 2.45) is 5.73 Å². The minimum absolute atomic E-state index is 0.153. The van der Waals surface area contributed by atoms with Crippen molar-refractivity contribution in [2.75, 3.05) is 11.9 Å². The molecule has 0 fully saturated rings. The Morgan fingerprint density at radius 3 is 2.38 bits per heavy atom. The number of amides is 2. The van der Waals surface area contributed by atoms with Gasteiger partial charge in [-0.05, 0) is 55.8 Å². The van der Waals surface area contributed by atoms with E-state index < -0.39 is 17.3 Å². The van der Waals surface area contributed by atoms with Gasteiger partial charge in [-0.3, -0.25) is 14.6 Å². The van der Waals surface area contributed by atoms with E-state index >= 15 is 0 Å². The van der Waals surface area contributed by atoms with Crippen LogP contribution in [0.1, 0.15) is 41.4 Å². The molecule has 0 aliphatic carbocycles. The summed E-state index contributed by atoms with van der Waals surface area (Å²) in [6.45, 7) is 3.42. The van der Waals surface area contributed by atoms with E-state index in [1.54, 1.807) is 68.7 Å². The van der Waals surface area contributed by atoms with Crippen molar-refractivity contribution in [1.82, 2.24) is 10.3 Å². The molecule has 6 nitrogen and oxygen atoms in total. The fourth-order valence-electron chi connectivity index (χ4n) is 3.18. The monoisotopic (exact) mass is 454 g/mol. The molecule has 0 aliphatic heterocycles. The van der Waals surface area contributed by atoms with Gasteiger partial charge in [-0.15, -0.1) is 0 Å². The Labute approximate surface area is 191 Å². The Balaban J connectivity index is 1.60. The van der Waals surface area contributed by atoms with Crippen LogP contribution in [0, 0.1) is 5.82 Å². The molecule has 166 valence electrons. The molecule has 0 radical (unpaired) electrons. The number of aromatic nitrogens is 1. The Morgan fingerprint density at radius 2 is 1.75 bits per heavy atom. The van der Waals surface area contributed by atoms with Crippen LogP contribution in [0.3, 0.4) is 0 Å². The number of pyridine rings is 1. The van der Waals surface area contributed by atoms with Crippen LogP contribution in [0.15, 0.2) is 67.0 Å². The molecule has 2 amide bonds. The first-order valence-electron chi connectivity index (χ1n) is 9.99. The van der Waals surface area contributed by atoms with E-state index in [9.17, 15) is 14.0 Å². The first-order valence-corrected chi connectivity index (χ1v) is 10.4. The zero-order valence-corrected chi connectivity index (χ0v) is 18.5. The van der Waals surface area contributed by atoms with Crippen molar-refractivity contribution < 1.29 is 14.0 Å². The summed E-state index contributed by atoms with van der Waals surface area (Å²) >= 11 is 5.80. The van der Waals surface area contributed by atoms with Crippen molar-refractivity contribution in [2.45, 2.75) is 25.3 Å². The van der Waals surface area contributed by atoms with Crippen LogP contribution in [0.25, 0.3) is 0 Å². The number of carbonyl (C=O) groups excluding carboxylic acids is 2. The maximum atomic E-state index is 14.3. The molecular weight excluding hydrogens is 431 g/mol. The van der Waals surface area contributed by atoms with Gasteiger partial charge in [0, 0.05) is 46.8 Å². The molecule has 1 heterocycles. The predicted octanol–water partition coefficient (Wildman–Crippen LogP) is 4.22. The number of nitrogens with one attached hydrogen (secondary N) is 2. The Hall–Kier alpha value is -3.29. The number of halogens is 2. The van der Waals surface area contributed by atoms with E-state index in [1.807, 2.05) is 0 Å². The van der Waals surface area contributed by atoms with Crippen molar-refractivity contribution in [3.63, 3.8) is 0 Å². The maximum Gasteiger partial charge on any atom is 0.255 e. The van der Waals surface area contributed by atoms with Crippen molar-refractivity contribution in [1.29, 1.82) is 0 Å². The molecule has 0 aliphatic rings. The summed E-state index contributed by atoms with van der Waals surface area (Å²) < 4.78 is 14.3. The van der Waals surface area contributed by atoms with Crippen LogP contribution in [-0.4, -0.2) is 23.3 Å². The zero-order valence-electron chi connectivity index (χ0n) is 17.7. The molecule has 2 aromatic carbocycles. The number of nitrogens with zero attached hydrogens (tertiary/aromatic N) is 1. The molecule has 4 N–H and O–H groups in total. The summed E-state index contributed by atoms with van der Waals surface area (Å²) in [4.78, 5) is 29.0. The van der Waals surface area contributed by atoms with Gasteiger partial charge in [0.2, 0.25) is 5.91 Å². The van der Waals surface area contributed by atoms with Gasteiger partial charge >= 0.3 is 0 Å². The lowest BCUT2D eigenvalue weighted by Gasteiger charge is -2.26. The normalized spacial score (nSPS) is 12.2. The lowest BCUT2D eigenvalue weighted by atomic mass is 9.83. The molecule has 1 atom stereocenters. The van der Waals surface area contributed by atoms with E-state index in [0.717, 1.165) is 5.56 Å². The number of anilines is 1. The molecule has 3 aromatic rings. The average molecular weight is 455 g/mol. The van der Waals surface area contributed by atoms with Gasteiger partial charge in [0.15, 0.2) is 0 Å². The van der Waals surface area contributed by atoms with Gasteiger partial charge in [0.1, 0.15) is 5.82 Å². The highest BCUT2D eigenvalue weighted by molar-refractivity contribution is 6.30. The van der Waals surface area contributed by atoms with Gasteiger partial charge in [-0.25, -0.2) is 4.39 Å². The minimum Gasteiger partial charge on any atom is -0.353 e. The highest BCUT2D eigenvalue weighted by atomic mass is 35.5. The second-order valence-corrected chi connectivity index (χ2v) is 8.31. The lowest BCUT2D eigenvalue weighted by molar-refractivity contribution is -0.125. The number of carbonyl (C=O) groups is 2. The Kier molecular flexibility index (Phi) is 7.22. The topological polar surface area (TPSA) is 97.1 Å². The van der Waals surface area contributed by atoms with E-state index in [2.05, 4.69) is 15.6 Å². The van der Waals surface area contributed by atoms with Crippen LogP contribution >= 0.6 is 11.6 Å². The van der Waals surface area contributed by atoms with Gasteiger partial charge in [-0.2, -0.15) is 0 Å². The Morgan fingerprint density at radius 1 is 1.09 bits per heavy atom. The molecule has 0 bridgehead atoms. The fourth-order valence-corrected chi connectivity index (χ4v) is 3.34. The highest BCUT2D eigenvalue weighted by Crippen LogP contribution is 2.28. The molecule has 3 rings (SSSR count). The highest BCUT2D eigenvalue weighted by Gasteiger charge is 2.32. The largest absolute Gasteiger partial charge is 0.353 e. The first kappa shape index (κ1) is 23.4. The molecule has 1 unspecified atom stereocenters. The number of hydrogen-bond acceptors (Lipinski definition) is 4. The molecule has 32 heavy (non-hydrogen) atoms. The van der Waals surface area contributed by atoms with Crippen LogP contribution in [0.4, 0.5) is 10.1 Å². The minimum atomic E-state index is -1.11. The summed E-state index contributed by atoms with van der Waals surface area (Å²) in [5, 5.41) is 5.83. The van der Waals surface area contributed by atoms with Gasteiger partial charge in [-0.1, -0.05) is 29.8 Å². The van der Waals surface area contributed by atoms with Gasteiger partial charge < -0.3 is 16.4 Å². The van der Waals surface area contributed by atoms with E-state index in [0.29, 0.717) is 11.3 Å². The van der Waals surface area contributed by atoms with Crippen LogP contribution in [0.2, 0.25) is 5.02 Å². The standard InChI is InChI=1S/C24H24ClFN4O2/c1-24(2,19-8-7-17(25)13-20(19)26)23(32)29-14-21(27)15-3-5-16(6-4-15)22(31)30-18-9-11-28-12-10-18/h3-13,21H,14,27H2,1-2H3,(H,29,32)(H,28,30,31). The molecule has 0 saturated carbocycles. The third-order valence-corrected chi connectivity index (χ3v) is 5.43. The average Bonchev–Trinajstić information content (AvgIpc) is 2.77. The van der Waals surface area contributed by atoms with Crippen LogP contribution in [0.5, 0.6) is 0 Å². The molecule has 0 saturated heterocycles. The van der Waals surface area contributed by atoms with E-state index in [4.69, 9.17) is 17.3 Å². The number of hydrogen-bond donors (Lipinski definition) is 3. The first-order chi connectivity index (χ1) is 15.2. The smallest absolute Gasteiger partial charge is 0.255 e. The third kappa shape index (κ3) is 5.49. The van der Waals surface area contributed by atoms with Gasteiger partial charge in [0.25, 0.3) is 5.91 Å². The second kappa shape index (κ2) is 9.89. The van der Waals surface area contributed by atoms with Crippen LogP contribution in [-0.2, 0) is 10.2 Å². The van der Waals surface area contributed by atoms with Crippen LogP contribution < -0.4 is 16.4 Å². The predicted molar refractivity (Wildman–Crippen MR) is 123 cm³/mol. The number of benzene rings is 2. The van der Waals surface area contributed by atoms with Crippen molar-refractivity contribution >= 4 is 29.1 Å². The fraction of sp³-hybridized carbons (Fsp3) is 0.208. The number of rotatable bonds is 7. The zero-order chi connectivity index (χ0) is 23.3. The van der Waals surface area contributed by atoms with Crippen molar-refractivity contribution in [3.05, 3.63) is 94.5 Å². The Bertz CT molecular complexity index is 1100. The molecule has 8 heteroatoms. The summed E-state index contributed by atoms with van der Waals surface area (Å²) in [6, 6.07) is 13.9. The molecule has 1 aromatic heterocycles. The second-order valence-electron chi connectivity index (χ2n) is 7.88. The SMILES string of the molecule is CC(C)(C(=O)NCC(N)c1ccc(C(=O)Nc2ccncc2)cc1)c1ccc(Cl)cc1F. The van der Waals surface area contributed by atoms with E-state index in [-0.39, 0.29) is 28.9 Å². The lowest BCUT2D eigenvalue weighted by Crippen LogP contribution is -2.43. The van der Waals surface area contributed by atoms with E-state index in [1.165, 1.54) is 12.1 Å². The van der Waals surface area contributed by atoms with Gasteiger partial charge in [0.05, 0.1) is 5.41 Å². The summed E-state index contributed by atoms with van der Waals surface area (Å²) in [5.74, 6) is -1.15. The number of nitrogens with two attached hydrogens (primary N) is 1. The van der Waals surface area contributed by atoms with Crippen molar-refractivity contribution in [3.8, 4) is 0 Å². The molecular formula is C24H24ClFN4O2. The summed E-state index contributed by atoms with van der Waals surface area (Å²) in [7, 11) is 0. The third-order valence-electron chi connectivity index (χ3n) is 5.19. The summed E-state index contributed by atoms with van der Waals surface area (Å²) in [6.07, 6.45) is 3.18. The summed E-state index contributed by atoms with van der Waals surface area (Å²) in [5.41, 5.74) is 7.22. The maximum absolute atomic E-state index is 14.3.